The first-order chi connectivity index (χ1) is 15.4. The predicted molar refractivity (Wildman–Crippen MR) is 120 cm³/mol. The lowest BCUT2D eigenvalue weighted by Crippen LogP contribution is -2.35. The molecule has 7 heteroatoms. The third kappa shape index (κ3) is 4.56. The quantitative estimate of drug-likeness (QED) is 0.509. The summed E-state index contributed by atoms with van der Waals surface area (Å²) in [7, 11) is 1.88. The molecule has 1 heterocycles. The first-order valence-corrected chi connectivity index (χ1v) is 10.8. The van der Waals surface area contributed by atoms with Crippen LogP contribution in [0.15, 0.2) is 47.5 Å². The van der Waals surface area contributed by atoms with Crippen molar-refractivity contribution in [1.82, 2.24) is 4.90 Å². The number of aliphatic hydroxyl groups is 1. The topological polar surface area (TPSA) is 71.1 Å². The number of aliphatic hydroxyl groups excluding tert-OH is 1. The number of likely N-dealkylation sites (N-methyl/N-ethyl adjacent to an activating group) is 1. The summed E-state index contributed by atoms with van der Waals surface area (Å²) in [4.78, 5) is 6.74. The lowest BCUT2D eigenvalue weighted by molar-refractivity contribution is -0.0504. The van der Waals surface area contributed by atoms with E-state index in [0.29, 0.717) is 25.3 Å². The second-order valence-corrected chi connectivity index (χ2v) is 8.30. The zero-order valence-corrected chi connectivity index (χ0v) is 18.0. The highest BCUT2D eigenvalue weighted by atomic mass is 19.3. The summed E-state index contributed by atoms with van der Waals surface area (Å²) in [6, 6.07) is 13.2. The number of halogens is 2. The maximum absolute atomic E-state index is 12.9. The molecule has 0 radical (unpaired) electrons. The summed E-state index contributed by atoms with van der Waals surface area (Å²) >= 11 is 0. The highest BCUT2D eigenvalue weighted by Crippen LogP contribution is 2.47. The van der Waals surface area contributed by atoms with Crippen molar-refractivity contribution in [1.29, 1.82) is 0 Å². The Hall–Kier alpha value is -3.11. The minimum atomic E-state index is -2.86. The molecule has 0 amide bonds. The molecule has 1 aliphatic heterocycles. The molecule has 1 fully saturated rings. The number of unbranched alkanes of at least 4 members (excludes halogenated alkanes) is 1. The maximum atomic E-state index is 12.9. The zero-order valence-electron chi connectivity index (χ0n) is 18.0. The molecule has 4 rings (SSSR count). The van der Waals surface area contributed by atoms with Crippen LogP contribution in [0.5, 0.6) is 5.75 Å². The first-order valence-electron chi connectivity index (χ1n) is 10.8. The molecule has 2 aromatic rings. The van der Waals surface area contributed by atoms with Gasteiger partial charge in [-0.25, -0.2) is 4.99 Å². The van der Waals surface area contributed by atoms with E-state index in [1.54, 1.807) is 12.1 Å². The molecule has 2 aliphatic rings. The fraction of sp³-hybridized carbons (Fsp3) is 0.400. The van der Waals surface area contributed by atoms with Crippen molar-refractivity contribution < 1.29 is 18.6 Å². The van der Waals surface area contributed by atoms with Gasteiger partial charge in [0.05, 0.1) is 6.54 Å². The number of nitrogens with zero attached hydrogens (tertiary/aromatic N) is 2. The second-order valence-electron chi connectivity index (χ2n) is 8.30. The second kappa shape index (κ2) is 9.17. The number of hydrogen-bond donors (Lipinski definition) is 2. The van der Waals surface area contributed by atoms with E-state index in [2.05, 4.69) is 11.8 Å². The fourth-order valence-electron chi connectivity index (χ4n) is 4.13. The van der Waals surface area contributed by atoms with Crippen molar-refractivity contribution in [3.63, 3.8) is 0 Å². The van der Waals surface area contributed by atoms with Gasteiger partial charge in [-0.2, -0.15) is 8.78 Å². The lowest BCUT2D eigenvalue weighted by atomic mass is 9.82. The van der Waals surface area contributed by atoms with Gasteiger partial charge in [-0.3, -0.25) is 0 Å². The highest BCUT2D eigenvalue weighted by molar-refractivity contribution is 5.81. The van der Waals surface area contributed by atoms with Gasteiger partial charge in [0.25, 0.3) is 0 Å². The number of nitrogens with two attached hydrogens (primary N) is 1. The predicted octanol–water partition coefficient (Wildman–Crippen LogP) is 3.79. The van der Waals surface area contributed by atoms with E-state index in [-0.39, 0.29) is 18.3 Å². The monoisotopic (exact) mass is 439 g/mol. The van der Waals surface area contributed by atoms with Gasteiger partial charge >= 0.3 is 6.61 Å². The van der Waals surface area contributed by atoms with Crippen molar-refractivity contribution in [3.8, 4) is 17.6 Å². The molecule has 32 heavy (non-hydrogen) atoms. The van der Waals surface area contributed by atoms with Crippen LogP contribution in [0.3, 0.4) is 0 Å². The molecule has 0 unspecified atom stereocenters. The van der Waals surface area contributed by atoms with E-state index >= 15 is 0 Å². The van der Waals surface area contributed by atoms with Gasteiger partial charge in [0.1, 0.15) is 11.3 Å². The number of aliphatic imine (C=N–C) groups is 1. The molecule has 1 aliphatic carbocycles. The Morgan fingerprint density at radius 3 is 2.69 bits per heavy atom. The Kier molecular flexibility index (Phi) is 6.33. The largest absolute Gasteiger partial charge is 0.435 e. The average molecular weight is 440 g/mol. The van der Waals surface area contributed by atoms with E-state index in [9.17, 15) is 8.78 Å². The van der Waals surface area contributed by atoms with Gasteiger partial charge in [0, 0.05) is 25.6 Å². The smallest absolute Gasteiger partial charge is 0.387 e. The Bertz CT molecular complexity index is 1070. The Morgan fingerprint density at radius 1 is 1.25 bits per heavy atom. The molecule has 0 saturated heterocycles. The SMILES string of the molecule is CN1C[C@](c2cccc(C#CCCCO)c2)(c2ccc(OC(F)F)c(C3CC3)c2)N=C1N. The summed E-state index contributed by atoms with van der Waals surface area (Å²) < 4.78 is 30.6. The van der Waals surface area contributed by atoms with E-state index in [0.717, 1.165) is 35.1 Å². The fourth-order valence-corrected chi connectivity index (χ4v) is 4.13. The van der Waals surface area contributed by atoms with Gasteiger partial charge in [-0.15, -0.1) is 0 Å². The summed E-state index contributed by atoms with van der Waals surface area (Å²) in [6.07, 6.45) is 3.18. The summed E-state index contributed by atoms with van der Waals surface area (Å²) in [5.74, 6) is 7.10. The van der Waals surface area contributed by atoms with Crippen molar-refractivity contribution >= 4 is 5.96 Å². The Morgan fingerprint density at radius 2 is 2.03 bits per heavy atom. The van der Waals surface area contributed by atoms with Crippen molar-refractivity contribution in [3.05, 3.63) is 64.7 Å². The van der Waals surface area contributed by atoms with Crippen LogP contribution in [0.1, 0.15) is 53.9 Å². The molecule has 5 nitrogen and oxygen atoms in total. The summed E-state index contributed by atoms with van der Waals surface area (Å²) in [6.45, 7) is -2.22. The number of alkyl halides is 2. The van der Waals surface area contributed by atoms with Crippen LogP contribution in [-0.4, -0.2) is 42.8 Å². The van der Waals surface area contributed by atoms with Crippen LogP contribution in [-0.2, 0) is 5.54 Å². The average Bonchev–Trinajstić information content (AvgIpc) is 3.57. The third-order valence-corrected chi connectivity index (χ3v) is 5.92. The normalized spacial score (nSPS) is 20.2. The minimum absolute atomic E-state index is 0.118. The molecular formula is C25H27F2N3O2. The molecule has 0 spiro atoms. The number of hydrogen-bond acceptors (Lipinski definition) is 5. The van der Waals surface area contributed by atoms with Crippen LogP contribution in [0.2, 0.25) is 0 Å². The molecule has 168 valence electrons. The maximum Gasteiger partial charge on any atom is 0.387 e. The molecule has 2 aromatic carbocycles. The van der Waals surface area contributed by atoms with E-state index in [1.165, 1.54) is 0 Å². The van der Waals surface area contributed by atoms with Gasteiger partial charge in [0.15, 0.2) is 5.96 Å². The van der Waals surface area contributed by atoms with E-state index in [1.807, 2.05) is 42.3 Å². The summed E-state index contributed by atoms with van der Waals surface area (Å²) in [5.41, 5.74) is 8.89. The molecule has 0 bridgehead atoms. The zero-order chi connectivity index (χ0) is 22.7. The van der Waals surface area contributed by atoms with Crippen LogP contribution in [0, 0.1) is 11.8 Å². The van der Waals surface area contributed by atoms with E-state index < -0.39 is 12.2 Å². The van der Waals surface area contributed by atoms with Crippen LogP contribution in [0.25, 0.3) is 0 Å². The Balaban J connectivity index is 1.77. The van der Waals surface area contributed by atoms with Gasteiger partial charge in [-0.05, 0) is 66.1 Å². The van der Waals surface area contributed by atoms with Crippen molar-refractivity contribution in [2.24, 2.45) is 10.7 Å². The molecule has 0 aromatic heterocycles. The van der Waals surface area contributed by atoms with Crippen LogP contribution < -0.4 is 10.5 Å². The number of benzene rings is 2. The molecule has 1 saturated carbocycles. The third-order valence-electron chi connectivity index (χ3n) is 5.92. The van der Waals surface area contributed by atoms with Crippen LogP contribution in [0.4, 0.5) is 8.78 Å². The lowest BCUT2D eigenvalue weighted by Gasteiger charge is -2.29. The Labute approximate surface area is 186 Å². The van der Waals surface area contributed by atoms with Crippen molar-refractivity contribution in [2.45, 2.75) is 43.8 Å². The first kappa shape index (κ1) is 22.1. The van der Waals surface area contributed by atoms with E-state index in [4.69, 9.17) is 20.6 Å². The van der Waals surface area contributed by atoms with Gasteiger partial charge < -0.3 is 20.5 Å². The summed E-state index contributed by atoms with van der Waals surface area (Å²) in [5, 5.41) is 8.94. The van der Waals surface area contributed by atoms with Crippen LogP contribution >= 0.6 is 0 Å². The molecule has 1 atom stereocenters. The molecule has 3 N–H and O–H groups in total. The number of guanidine groups is 1. The van der Waals surface area contributed by atoms with Crippen molar-refractivity contribution in [2.75, 3.05) is 20.2 Å². The standard InChI is InChI=1S/C25H27F2N3O2/c1-30-16-25(29-24(30)28,19-8-5-7-17(14-19)6-3-2-4-13-31)20-11-12-22(32-23(26)27)21(15-20)18-9-10-18/h5,7-8,11-12,14-15,18,23,31H,2,4,9-10,13,16H2,1H3,(H2,28,29)/t25-/m0/s1. The number of ether oxygens (including phenoxy) is 1. The minimum Gasteiger partial charge on any atom is -0.435 e. The highest BCUT2D eigenvalue weighted by Gasteiger charge is 2.42. The van der Waals surface area contributed by atoms with Gasteiger partial charge in [-0.1, -0.05) is 30.0 Å². The van der Waals surface area contributed by atoms with Gasteiger partial charge in [0.2, 0.25) is 0 Å². The molecular weight excluding hydrogens is 412 g/mol. The number of rotatable bonds is 7.